The van der Waals surface area contributed by atoms with Crippen LogP contribution in [0.15, 0.2) is 98.3 Å². The van der Waals surface area contributed by atoms with E-state index in [4.69, 9.17) is 14.5 Å². The number of carbonyl (C=O) groups is 1. The lowest BCUT2D eigenvalue weighted by Gasteiger charge is -2.25. The minimum Gasteiger partial charge on any atom is -0.494 e. The first-order chi connectivity index (χ1) is 19.4. The summed E-state index contributed by atoms with van der Waals surface area (Å²) in [6.07, 6.45) is 1.84. The fraction of sp³-hybridized carbons (Fsp3) is 0.194. The van der Waals surface area contributed by atoms with Crippen molar-refractivity contribution in [3.05, 3.63) is 119 Å². The first kappa shape index (κ1) is 27.6. The van der Waals surface area contributed by atoms with E-state index in [-0.39, 0.29) is 11.5 Å². The van der Waals surface area contributed by atoms with Gasteiger partial charge in [0.05, 0.1) is 39.5 Å². The summed E-state index contributed by atoms with van der Waals surface area (Å²) in [5.74, 6) is 1.15. The third-order valence-electron chi connectivity index (χ3n) is 6.36. The second-order valence-corrected chi connectivity index (χ2v) is 10.9. The molecule has 0 unspecified atom stereocenters. The average molecular weight is 619 g/mol. The molecule has 7 nitrogen and oxygen atoms in total. The van der Waals surface area contributed by atoms with Crippen LogP contribution in [0.5, 0.6) is 11.5 Å². The molecule has 1 aromatic heterocycles. The molecule has 1 N–H and O–H groups in total. The first-order valence-corrected chi connectivity index (χ1v) is 14.5. The van der Waals surface area contributed by atoms with Gasteiger partial charge in [-0.25, -0.2) is 4.99 Å². The molecule has 5 rings (SSSR count). The SMILES string of the molecule is CCOc1ccc([C@@H]2C(C(=O)Nc3ccccc3)=C(C)N=c3s/c(=C\c4ccc(OCC)c(Br)c4)c(=O)n32)cc1. The molecule has 9 heteroatoms. The van der Waals surface area contributed by atoms with Gasteiger partial charge in [-0.05, 0) is 90.3 Å². The predicted octanol–water partition coefficient (Wildman–Crippen LogP) is 5.43. The average Bonchev–Trinajstić information content (AvgIpc) is 3.24. The zero-order valence-corrected chi connectivity index (χ0v) is 24.7. The maximum Gasteiger partial charge on any atom is 0.271 e. The van der Waals surface area contributed by atoms with E-state index in [2.05, 4.69) is 21.2 Å². The van der Waals surface area contributed by atoms with Gasteiger partial charge in [-0.15, -0.1) is 0 Å². The number of amides is 1. The van der Waals surface area contributed by atoms with Gasteiger partial charge in [-0.2, -0.15) is 0 Å². The van der Waals surface area contributed by atoms with Crippen molar-refractivity contribution in [1.82, 2.24) is 4.57 Å². The molecule has 1 amide bonds. The number of nitrogens with zero attached hydrogens (tertiary/aromatic N) is 2. The lowest BCUT2D eigenvalue weighted by atomic mass is 9.95. The van der Waals surface area contributed by atoms with Crippen molar-refractivity contribution < 1.29 is 14.3 Å². The number of para-hydroxylation sites is 1. The van der Waals surface area contributed by atoms with Crippen LogP contribution in [-0.2, 0) is 4.79 Å². The molecule has 1 aliphatic heterocycles. The van der Waals surface area contributed by atoms with Crippen molar-refractivity contribution in [2.75, 3.05) is 18.5 Å². The van der Waals surface area contributed by atoms with E-state index in [1.165, 1.54) is 11.3 Å². The predicted molar refractivity (Wildman–Crippen MR) is 162 cm³/mol. The second-order valence-electron chi connectivity index (χ2n) is 9.03. The van der Waals surface area contributed by atoms with Crippen LogP contribution >= 0.6 is 27.3 Å². The third-order valence-corrected chi connectivity index (χ3v) is 7.96. The van der Waals surface area contributed by atoms with Crippen molar-refractivity contribution in [3.63, 3.8) is 0 Å². The topological polar surface area (TPSA) is 81.9 Å². The van der Waals surface area contributed by atoms with Gasteiger partial charge in [0.1, 0.15) is 11.5 Å². The summed E-state index contributed by atoms with van der Waals surface area (Å²) in [7, 11) is 0. The molecule has 1 atom stereocenters. The molecule has 3 aromatic carbocycles. The fourth-order valence-corrected chi connectivity index (χ4v) is 6.15. The molecule has 2 heterocycles. The summed E-state index contributed by atoms with van der Waals surface area (Å²) in [6, 6.07) is 21.8. The molecule has 0 saturated carbocycles. The molecule has 1 aliphatic rings. The number of hydrogen-bond donors (Lipinski definition) is 1. The highest BCUT2D eigenvalue weighted by atomic mass is 79.9. The molecule has 4 aromatic rings. The Hall–Kier alpha value is -3.95. The van der Waals surface area contributed by atoms with E-state index >= 15 is 0 Å². The summed E-state index contributed by atoms with van der Waals surface area (Å²) < 4.78 is 14.2. The summed E-state index contributed by atoms with van der Waals surface area (Å²) >= 11 is 4.85. The van der Waals surface area contributed by atoms with Crippen LogP contribution in [0.3, 0.4) is 0 Å². The van der Waals surface area contributed by atoms with E-state index in [1.807, 2.05) is 99.6 Å². The number of halogens is 1. The molecule has 204 valence electrons. The van der Waals surface area contributed by atoms with Crippen LogP contribution in [0, 0.1) is 0 Å². The molecular formula is C31H28BrN3O4S. The fourth-order valence-electron chi connectivity index (χ4n) is 4.59. The van der Waals surface area contributed by atoms with Crippen LogP contribution in [0.4, 0.5) is 5.69 Å². The van der Waals surface area contributed by atoms with Gasteiger partial charge in [-0.3, -0.25) is 14.2 Å². The maximum atomic E-state index is 13.9. The quantitative estimate of drug-likeness (QED) is 0.286. The Morgan fingerprint density at radius 1 is 1.05 bits per heavy atom. The second kappa shape index (κ2) is 12.1. The van der Waals surface area contributed by atoms with Crippen LogP contribution in [0.25, 0.3) is 6.08 Å². The zero-order valence-electron chi connectivity index (χ0n) is 22.3. The largest absolute Gasteiger partial charge is 0.494 e. The van der Waals surface area contributed by atoms with Gasteiger partial charge in [0.15, 0.2) is 4.80 Å². The number of ether oxygens (including phenoxy) is 2. The number of fused-ring (bicyclic) bond motifs is 1. The number of anilines is 1. The number of carbonyl (C=O) groups excluding carboxylic acids is 1. The van der Waals surface area contributed by atoms with Crippen LogP contribution in [0.1, 0.15) is 37.9 Å². The van der Waals surface area contributed by atoms with Gasteiger partial charge in [0.25, 0.3) is 11.5 Å². The highest BCUT2D eigenvalue weighted by molar-refractivity contribution is 9.10. The Kier molecular flexibility index (Phi) is 8.32. The molecule has 0 aliphatic carbocycles. The Morgan fingerprint density at radius 3 is 2.45 bits per heavy atom. The monoisotopic (exact) mass is 617 g/mol. The number of allylic oxidation sites excluding steroid dienone is 1. The Balaban J connectivity index is 1.63. The number of rotatable bonds is 8. The number of thiazole rings is 1. The van der Waals surface area contributed by atoms with Crippen molar-refractivity contribution in [2.45, 2.75) is 26.8 Å². The normalized spacial score (nSPS) is 14.9. The summed E-state index contributed by atoms with van der Waals surface area (Å²) in [4.78, 5) is 32.9. The van der Waals surface area contributed by atoms with Crippen LogP contribution < -0.4 is 29.7 Å². The Morgan fingerprint density at radius 2 is 1.77 bits per heavy atom. The van der Waals surface area contributed by atoms with Crippen LogP contribution in [0.2, 0.25) is 0 Å². The van der Waals surface area contributed by atoms with Crippen molar-refractivity contribution in [2.24, 2.45) is 4.99 Å². The van der Waals surface area contributed by atoms with E-state index in [0.717, 1.165) is 27.1 Å². The molecular weight excluding hydrogens is 590 g/mol. The first-order valence-electron chi connectivity index (χ1n) is 12.9. The van der Waals surface area contributed by atoms with E-state index < -0.39 is 6.04 Å². The van der Waals surface area contributed by atoms with Gasteiger partial charge in [-0.1, -0.05) is 47.7 Å². The van der Waals surface area contributed by atoms with E-state index in [0.29, 0.717) is 39.5 Å². The highest BCUT2D eigenvalue weighted by Crippen LogP contribution is 2.32. The Bertz CT molecular complexity index is 1760. The lowest BCUT2D eigenvalue weighted by Crippen LogP contribution is -2.40. The summed E-state index contributed by atoms with van der Waals surface area (Å²) in [5.41, 5.74) is 3.05. The number of aromatic nitrogens is 1. The molecule has 0 fully saturated rings. The molecule has 0 bridgehead atoms. The van der Waals surface area contributed by atoms with Gasteiger partial charge in [0, 0.05) is 5.69 Å². The third kappa shape index (κ3) is 5.66. The number of benzene rings is 3. The molecule has 40 heavy (non-hydrogen) atoms. The Labute approximate surface area is 244 Å². The highest BCUT2D eigenvalue weighted by Gasteiger charge is 2.32. The van der Waals surface area contributed by atoms with E-state index in [1.54, 1.807) is 4.57 Å². The van der Waals surface area contributed by atoms with Crippen LogP contribution in [-0.4, -0.2) is 23.7 Å². The van der Waals surface area contributed by atoms with Crippen molar-refractivity contribution in [3.8, 4) is 11.5 Å². The molecule has 0 radical (unpaired) electrons. The van der Waals surface area contributed by atoms with Crippen molar-refractivity contribution in [1.29, 1.82) is 0 Å². The molecule has 0 saturated heterocycles. The van der Waals surface area contributed by atoms with Gasteiger partial charge in [0.2, 0.25) is 0 Å². The minimum absolute atomic E-state index is 0.217. The smallest absolute Gasteiger partial charge is 0.271 e. The zero-order chi connectivity index (χ0) is 28.2. The van der Waals surface area contributed by atoms with E-state index in [9.17, 15) is 9.59 Å². The van der Waals surface area contributed by atoms with Crippen molar-refractivity contribution >= 4 is 44.9 Å². The summed E-state index contributed by atoms with van der Waals surface area (Å²) in [6.45, 7) is 6.76. The lowest BCUT2D eigenvalue weighted by molar-refractivity contribution is -0.113. The standard InChI is InChI=1S/C31H28BrN3O4S/c1-4-38-23-14-12-21(13-15-23)28-27(29(36)34-22-9-7-6-8-10-22)19(3)33-31-35(28)30(37)26(40-31)18-20-11-16-25(39-5-2)24(32)17-20/h6-18,28H,4-5H2,1-3H3,(H,34,36)/b26-18-/t28-/m1/s1. The summed E-state index contributed by atoms with van der Waals surface area (Å²) in [5, 5.41) is 2.97. The maximum absolute atomic E-state index is 13.9. The van der Waals surface area contributed by atoms with Gasteiger partial charge < -0.3 is 14.8 Å². The number of nitrogens with one attached hydrogen (secondary N) is 1. The van der Waals surface area contributed by atoms with Gasteiger partial charge >= 0.3 is 0 Å². The molecule has 0 spiro atoms. The minimum atomic E-state index is -0.662. The number of hydrogen-bond acceptors (Lipinski definition) is 6.